The molecule has 0 saturated carbocycles. The third-order valence-corrected chi connectivity index (χ3v) is 3.79. The molecule has 92 valence electrons. The first-order valence-corrected chi connectivity index (χ1v) is 6.14. The number of aliphatic hydroxyl groups is 1. The Hall–Kier alpha value is -1.67. The van der Waals surface area contributed by atoms with Gasteiger partial charge in [-0.3, -0.25) is 0 Å². The summed E-state index contributed by atoms with van der Waals surface area (Å²) >= 11 is 0. The summed E-state index contributed by atoms with van der Waals surface area (Å²) in [6, 6.07) is 13.0. The molecule has 0 aliphatic heterocycles. The number of halogens is 1. The van der Waals surface area contributed by atoms with Gasteiger partial charge in [0.05, 0.1) is 5.60 Å². The van der Waals surface area contributed by atoms with Gasteiger partial charge in [0.1, 0.15) is 5.82 Å². The molecule has 0 atom stereocenters. The van der Waals surface area contributed by atoms with Gasteiger partial charge in [0.15, 0.2) is 0 Å². The van der Waals surface area contributed by atoms with Crippen LogP contribution in [0.25, 0.3) is 0 Å². The molecule has 1 aliphatic rings. The maximum absolute atomic E-state index is 13.6. The van der Waals surface area contributed by atoms with Crippen molar-refractivity contribution in [2.75, 3.05) is 0 Å². The number of aryl methyl sites for hydroxylation is 1. The van der Waals surface area contributed by atoms with Crippen molar-refractivity contribution < 1.29 is 9.50 Å². The Morgan fingerprint density at radius 3 is 2.22 bits per heavy atom. The van der Waals surface area contributed by atoms with Crippen molar-refractivity contribution >= 4 is 0 Å². The first kappa shape index (κ1) is 11.4. The van der Waals surface area contributed by atoms with Gasteiger partial charge in [0.2, 0.25) is 0 Å². The molecule has 1 N–H and O–H groups in total. The highest BCUT2D eigenvalue weighted by molar-refractivity contribution is 5.40. The van der Waals surface area contributed by atoms with E-state index in [1.165, 1.54) is 6.07 Å². The van der Waals surface area contributed by atoms with Crippen LogP contribution >= 0.6 is 0 Å². The van der Waals surface area contributed by atoms with Crippen molar-refractivity contribution in [2.45, 2.75) is 25.4 Å². The maximum Gasteiger partial charge on any atom is 0.126 e. The summed E-state index contributed by atoms with van der Waals surface area (Å²) in [5, 5.41) is 10.7. The summed E-state index contributed by atoms with van der Waals surface area (Å²) in [5.74, 6) is -0.253. The smallest absolute Gasteiger partial charge is 0.126 e. The lowest BCUT2D eigenvalue weighted by atomic mass is 9.90. The lowest BCUT2D eigenvalue weighted by Gasteiger charge is -2.23. The molecule has 0 amide bonds. The summed E-state index contributed by atoms with van der Waals surface area (Å²) in [7, 11) is 0. The van der Waals surface area contributed by atoms with Gasteiger partial charge in [0, 0.05) is 12.8 Å². The summed E-state index contributed by atoms with van der Waals surface area (Å²) in [4.78, 5) is 0. The topological polar surface area (TPSA) is 20.2 Å². The summed E-state index contributed by atoms with van der Waals surface area (Å²) in [6.45, 7) is 1.73. The third-order valence-electron chi connectivity index (χ3n) is 3.79. The molecule has 0 heterocycles. The van der Waals surface area contributed by atoms with E-state index < -0.39 is 5.60 Å². The number of benzene rings is 2. The molecule has 0 fully saturated rings. The molecule has 2 heteroatoms. The molecular formula is C16H15FO. The molecule has 0 radical (unpaired) electrons. The minimum absolute atomic E-state index is 0.253. The van der Waals surface area contributed by atoms with E-state index in [0.29, 0.717) is 24.0 Å². The Morgan fingerprint density at radius 2 is 1.67 bits per heavy atom. The van der Waals surface area contributed by atoms with Gasteiger partial charge in [-0.25, -0.2) is 4.39 Å². The zero-order chi connectivity index (χ0) is 12.8. The van der Waals surface area contributed by atoms with Crippen molar-refractivity contribution in [3.05, 3.63) is 70.5 Å². The number of hydrogen-bond acceptors (Lipinski definition) is 1. The molecule has 18 heavy (non-hydrogen) atoms. The first-order chi connectivity index (χ1) is 8.58. The predicted octanol–water partition coefficient (Wildman–Crippen LogP) is 3.12. The molecule has 0 aromatic heterocycles. The number of rotatable bonds is 1. The van der Waals surface area contributed by atoms with Gasteiger partial charge in [-0.05, 0) is 35.2 Å². The summed E-state index contributed by atoms with van der Waals surface area (Å²) < 4.78 is 13.6. The molecule has 2 aromatic rings. The highest BCUT2D eigenvalue weighted by atomic mass is 19.1. The van der Waals surface area contributed by atoms with E-state index in [9.17, 15) is 9.50 Å². The molecule has 0 spiro atoms. The fourth-order valence-corrected chi connectivity index (χ4v) is 2.68. The third kappa shape index (κ3) is 1.73. The second-order valence-electron chi connectivity index (χ2n) is 5.12. The number of fused-ring (bicyclic) bond motifs is 1. The molecule has 0 unspecified atom stereocenters. The van der Waals surface area contributed by atoms with E-state index in [4.69, 9.17) is 0 Å². The highest BCUT2D eigenvalue weighted by Gasteiger charge is 2.36. The average Bonchev–Trinajstić information content (AvgIpc) is 2.70. The minimum atomic E-state index is -0.960. The largest absolute Gasteiger partial charge is 0.384 e. The van der Waals surface area contributed by atoms with Crippen LogP contribution in [0.2, 0.25) is 0 Å². The lowest BCUT2D eigenvalue weighted by Crippen LogP contribution is -2.26. The van der Waals surface area contributed by atoms with Gasteiger partial charge in [-0.15, -0.1) is 0 Å². The van der Waals surface area contributed by atoms with Gasteiger partial charge in [-0.1, -0.05) is 36.4 Å². The Kier molecular flexibility index (Phi) is 2.49. The van der Waals surface area contributed by atoms with E-state index >= 15 is 0 Å². The quantitative estimate of drug-likeness (QED) is 0.814. The lowest BCUT2D eigenvalue weighted by molar-refractivity contribution is 0.0479. The van der Waals surface area contributed by atoms with Crippen molar-refractivity contribution in [3.8, 4) is 0 Å². The van der Waals surface area contributed by atoms with Crippen LogP contribution in [-0.2, 0) is 18.4 Å². The van der Waals surface area contributed by atoms with E-state index in [-0.39, 0.29) is 5.82 Å². The second-order valence-corrected chi connectivity index (χ2v) is 5.12. The van der Waals surface area contributed by atoms with Gasteiger partial charge < -0.3 is 5.11 Å². The monoisotopic (exact) mass is 242 g/mol. The van der Waals surface area contributed by atoms with E-state index in [1.54, 1.807) is 13.0 Å². The molecule has 1 nitrogen and oxygen atoms in total. The summed E-state index contributed by atoms with van der Waals surface area (Å²) in [5.41, 5.74) is 2.62. The second kappa shape index (κ2) is 3.92. The van der Waals surface area contributed by atoms with Crippen LogP contribution in [0.1, 0.15) is 22.3 Å². The fraction of sp³-hybridized carbons (Fsp3) is 0.250. The molecule has 0 bridgehead atoms. The SMILES string of the molecule is Cc1ccc(C2(O)Cc3ccccc3C2)cc1F. The first-order valence-electron chi connectivity index (χ1n) is 6.14. The standard InChI is InChI=1S/C16H15FO/c1-11-6-7-14(8-15(11)17)16(18)9-12-4-2-3-5-13(12)10-16/h2-8,18H,9-10H2,1H3. The van der Waals surface area contributed by atoms with Crippen LogP contribution in [0.5, 0.6) is 0 Å². The average molecular weight is 242 g/mol. The van der Waals surface area contributed by atoms with Crippen LogP contribution in [0.15, 0.2) is 42.5 Å². The predicted molar refractivity (Wildman–Crippen MR) is 68.9 cm³/mol. The van der Waals surface area contributed by atoms with Crippen molar-refractivity contribution in [1.29, 1.82) is 0 Å². The van der Waals surface area contributed by atoms with E-state index in [2.05, 4.69) is 0 Å². The highest BCUT2D eigenvalue weighted by Crippen LogP contribution is 2.37. The zero-order valence-corrected chi connectivity index (χ0v) is 10.3. The number of hydrogen-bond donors (Lipinski definition) is 1. The van der Waals surface area contributed by atoms with Crippen LogP contribution in [0.3, 0.4) is 0 Å². The fourth-order valence-electron chi connectivity index (χ4n) is 2.68. The zero-order valence-electron chi connectivity index (χ0n) is 10.3. The normalized spacial score (nSPS) is 16.6. The molecule has 1 aliphatic carbocycles. The molecule has 2 aromatic carbocycles. The van der Waals surface area contributed by atoms with Gasteiger partial charge >= 0.3 is 0 Å². The minimum Gasteiger partial charge on any atom is -0.384 e. The Labute approximate surface area is 106 Å². The van der Waals surface area contributed by atoms with Crippen LogP contribution < -0.4 is 0 Å². The van der Waals surface area contributed by atoms with E-state index in [0.717, 1.165) is 11.1 Å². The molecule has 0 saturated heterocycles. The van der Waals surface area contributed by atoms with Crippen LogP contribution in [-0.4, -0.2) is 5.11 Å². The summed E-state index contributed by atoms with van der Waals surface area (Å²) in [6.07, 6.45) is 1.12. The van der Waals surface area contributed by atoms with Crippen molar-refractivity contribution in [2.24, 2.45) is 0 Å². The molecular weight excluding hydrogens is 227 g/mol. The van der Waals surface area contributed by atoms with Crippen molar-refractivity contribution in [1.82, 2.24) is 0 Å². The van der Waals surface area contributed by atoms with E-state index in [1.807, 2.05) is 30.3 Å². The molecule has 3 rings (SSSR count). The van der Waals surface area contributed by atoms with Crippen molar-refractivity contribution in [3.63, 3.8) is 0 Å². The van der Waals surface area contributed by atoms with Gasteiger partial charge in [0.25, 0.3) is 0 Å². The Morgan fingerprint density at radius 1 is 1.06 bits per heavy atom. The van der Waals surface area contributed by atoms with Crippen LogP contribution in [0.4, 0.5) is 4.39 Å². The van der Waals surface area contributed by atoms with Crippen LogP contribution in [0, 0.1) is 12.7 Å². The Balaban J connectivity index is 2.01. The Bertz CT molecular complexity index is 579. The van der Waals surface area contributed by atoms with Gasteiger partial charge in [-0.2, -0.15) is 0 Å². The maximum atomic E-state index is 13.6.